The predicted octanol–water partition coefficient (Wildman–Crippen LogP) is 4.92. The first-order chi connectivity index (χ1) is 19.9. The number of hydrogen-bond donors (Lipinski definition) is 3. The SMILES string of the molecule is O=C(O)N1CCN(Oc2ccc(NC(=O)C3(C(=O)Nc4ccccc4)CC3)cc2)CC1c1ccc2ncccc2c1. The van der Waals surface area contributed by atoms with Crippen LogP contribution in [0.5, 0.6) is 5.75 Å². The van der Waals surface area contributed by atoms with Crippen LogP contribution in [0.4, 0.5) is 16.2 Å². The van der Waals surface area contributed by atoms with E-state index >= 15 is 0 Å². The van der Waals surface area contributed by atoms with Crippen molar-refractivity contribution in [2.24, 2.45) is 5.41 Å². The number of aromatic nitrogens is 1. The van der Waals surface area contributed by atoms with Gasteiger partial charge in [0, 0.05) is 29.5 Å². The fraction of sp³-hybridized carbons (Fsp3) is 0.226. The second-order valence-electron chi connectivity index (χ2n) is 10.3. The van der Waals surface area contributed by atoms with Crippen LogP contribution < -0.4 is 15.5 Å². The number of carbonyl (C=O) groups excluding carboxylic acids is 2. The van der Waals surface area contributed by atoms with E-state index in [9.17, 15) is 19.5 Å². The molecule has 1 aliphatic heterocycles. The Morgan fingerprint density at radius 3 is 2.24 bits per heavy atom. The second-order valence-corrected chi connectivity index (χ2v) is 10.3. The molecule has 4 aromatic rings. The van der Waals surface area contributed by atoms with E-state index in [1.54, 1.807) is 47.7 Å². The molecule has 0 bridgehead atoms. The molecule has 1 aliphatic carbocycles. The molecule has 0 radical (unpaired) electrons. The van der Waals surface area contributed by atoms with Crippen molar-refractivity contribution in [3.63, 3.8) is 0 Å². The summed E-state index contributed by atoms with van der Waals surface area (Å²) in [7, 11) is 0. The van der Waals surface area contributed by atoms with Crippen LogP contribution in [0.15, 0.2) is 91.1 Å². The Hall–Kier alpha value is -4.96. The van der Waals surface area contributed by atoms with Gasteiger partial charge in [-0.2, -0.15) is 0 Å². The fourth-order valence-corrected chi connectivity index (χ4v) is 5.11. The lowest BCUT2D eigenvalue weighted by atomic mass is 10.0. The summed E-state index contributed by atoms with van der Waals surface area (Å²) in [6.07, 6.45) is 1.74. The number of carbonyl (C=O) groups is 3. The molecule has 3 N–H and O–H groups in total. The van der Waals surface area contributed by atoms with Gasteiger partial charge in [-0.15, -0.1) is 5.06 Å². The zero-order chi connectivity index (χ0) is 28.4. The maximum Gasteiger partial charge on any atom is 0.407 e. The monoisotopic (exact) mass is 551 g/mol. The summed E-state index contributed by atoms with van der Waals surface area (Å²) in [5.41, 5.74) is 1.85. The lowest BCUT2D eigenvalue weighted by Crippen LogP contribution is -2.51. The first-order valence-corrected chi connectivity index (χ1v) is 13.5. The zero-order valence-corrected chi connectivity index (χ0v) is 22.2. The van der Waals surface area contributed by atoms with Crippen LogP contribution in [0, 0.1) is 5.41 Å². The normalized spacial score (nSPS) is 18.0. The molecule has 1 saturated carbocycles. The fourth-order valence-electron chi connectivity index (χ4n) is 5.11. The Balaban J connectivity index is 1.09. The maximum absolute atomic E-state index is 13.0. The second kappa shape index (κ2) is 10.9. The molecular formula is C31H29N5O5. The van der Waals surface area contributed by atoms with E-state index in [0.717, 1.165) is 16.5 Å². The number of hydrogen-bond acceptors (Lipinski definition) is 6. The molecule has 10 nitrogen and oxygen atoms in total. The smallest absolute Gasteiger partial charge is 0.407 e. The minimum atomic E-state index is -1.07. The Bertz CT molecular complexity index is 1590. The van der Waals surface area contributed by atoms with Crippen molar-refractivity contribution in [1.29, 1.82) is 0 Å². The number of nitrogens with one attached hydrogen (secondary N) is 2. The minimum absolute atomic E-state index is 0.284. The van der Waals surface area contributed by atoms with Crippen molar-refractivity contribution < 1.29 is 24.3 Å². The van der Waals surface area contributed by atoms with Crippen LogP contribution in [-0.4, -0.2) is 57.6 Å². The van der Waals surface area contributed by atoms with E-state index in [0.29, 0.717) is 43.1 Å². The first kappa shape index (κ1) is 26.3. The van der Waals surface area contributed by atoms with E-state index in [4.69, 9.17) is 4.84 Å². The van der Waals surface area contributed by atoms with Gasteiger partial charge in [0.25, 0.3) is 0 Å². The highest BCUT2D eigenvalue weighted by Crippen LogP contribution is 2.47. The standard InChI is InChI=1S/C31H29N5O5/c37-28(33-23-6-2-1-3-7-23)31(14-15-31)29(38)34-24-9-11-25(12-10-24)41-35-17-18-36(30(39)40)27(20-35)22-8-13-26-21(19-22)5-4-16-32-26/h1-13,16,19,27H,14-15,17-18,20H2,(H,33,37)(H,34,38)(H,39,40). The topological polar surface area (TPSA) is 124 Å². The van der Waals surface area contributed by atoms with E-state index < -0.39 is 17.6 Å². The summed E-state index contributed by atoms with van der Waals surface area (Å²) >= 11 is 0. The largest absolute Gasteiger partial charge is 0.465 e. The van der Waals surface area contributed by atoms with Crippen LogP contribution in [0.25, 0.3) is 10.9 Å². The number of para-hydroxylation sites is 1. The van der Waals surface area contributed by atoms with Crippen molar-refractivity contribution in [3.8, 4) is 5.75 Å². The van der Waals surface area contributed by atoms with Crippen molar-refractivity contribution in [1.82, 2.24) is 14.9 Å². The summed E-state index contributed by atoms with van der Waals surface area (Å²) in [6.45, 7) is 1.03. The third-order valence-electron chi connectivity index (χ3n) is 7.60. The van der Waals surface area contributed by atoms with Crippen LogP contribution in [0.2, 0.25) is 0 Å². The zero-order valence-electron chi connectivity index (χ0n) is 22.2. The molecule has 41 heavy (non-hydrogen) atoms. The molecule has 2 heterocycles. The van der Waals surface area contributed by atoms with Crippen molar-refractivity contribution in [2.45, 2.75) is 18.9 Å². The molecule has 2 fully saturated rings. The number of anilines is 2. The van der Waals surface area contributed by atoms with E-state index in [1.165, 1.54) is 4.90 Å². The number of benzene rings is 3. The highest BCUT2D eigenvalue weighted by Gasteiger charge is 2.56. The van der Waals surface area contributed by atoms with E-state index in [-0.39, 0.29) is 18.4 Å². The molecule has 1 atom stereocenters. The van der Waals surface area contributed by atoms with Gasteiger partial charge in [-0.3, -0.25) is 19.5 Å². The highest BCUT2D eigenvalue weighted by molar-refractivity contribution is 6.16. The molecule has 3 amide bonds. The van der Waals surface area contributed by atoms with Gasteiger partial charge < -0.3 is 20.6 Å². The van der Waals surface area contributed by atoms with Crippen LogP contribution in [0.3, 0.4) is 0 Å². The van der Waals surface area contributed by atoms with Crippen LogP contribution >= 0.6 is 0 Å². The van der Waals surface area contributed by atoms with Gasteiger partial charge in [-0.1, -0.05) is 30.3 Å². The van der Waals surface area contributed by atoms with Crippen LogP contribution in [-0.2, 0) is 9.59 Å². The van der Waals surface area contributed by atoms with Crippen LogP contribution in [0.1, 0.15) is 24.4 Å². The Morgan fingerprint density at radius 2 is 1.56 bits per heavy atom. The van der Waals surface area contributed by atoms with Crippen molar-refractivity contribution in [2.75, 3.05) is 30.3 Å². The molecule has 2 aliphatic rings. The molecule has 1 unspecified atom stereocenters. The Labute approximate surface area is 236 Å². The van der Waals surface area contributed by atoms with Gasteiger partial charge in [0.2, 0.25) is 11.8 Å². The predicted molar refractivity (Wildman–Crippen MR) is 153 cm³/mol. The number of carboxylic acid groups (broad SMARTS) is 1. The molecule has 208 valence electrons. The molecule has 10 heteroatoms. The molecule has 0 spiro atoms. The van der Waals surface area contributed by atoms with Gasteiger partial charge in [0.15, 0.2) is 0 Å². The van der Waals surface area contributed by atoms with Gasteiger partial charge in [0.05, 0.1) is 24.6 Å². The minimum Gasteiger partial charge on any atom is -0.465 e. The summed E-state index contributed by atoms with van der Waals surface area (Å²) in [4.78, 5) is 49.7. The summed E-state index contributed by atoms with van der Waals surface area (Å²) < 4.78 is 0. The summed E-state index contributed by atoms with van der Waals surface area (Å²) in [6, 6.07) is 25.2. The molecule has 1 saturated heterocycles. The van der Waals surface area contributed by atoms with Gasteiger partial charge in [0.1, 0.15) is 11.2 Å². The third kappa shape index (κ3) is 5.55. The average molecular weight is 552 g/mol. The molecule has 6 rings (SSSR count). The van der Waals surface area contributed by atoms with Gasteiger partial charge in [-0.25, -0.2) is 4.79 Å². The number of piperazine rings is 1. The number of pyridine rings is 1. The first-order valence-electron chi connectivity index (χ1n) is 13.5. The molecule has 1 aromatic heterocycles. The van der Waals surface area contributed by atoms with Gasteiger partial charge in [-0.05, 0) is 73.0 Å². The van der Waals surface area contributed by atoms with Gasteiger partial charge >= 0.3 is 6.09 Å². The van der Waals surface area contributed by atoms with Crippen molar-refractivity contribution >= 4 is 40.2 Å². The van der Waals surface area contributed by atoms with Crippen molar-refractivity contribution in [3.05, 3.63) is 96.7 Å². The lowest BCUT2D eigenvalue weighted by molar-refractivity contribution is -0.131. The number of hydroxylamine groups is 2. The number of amides is 3. The Morgan fingerprint density at radius 1 is 0.854 bits per heavy atom. The van der Waals surface area contributed by atoms with E-state index in [1.807, 2.05) is 48.5 Å². The number of rotatable bonds is 7. The summed E-state index contributed by atoms with van der Waals surface area (Å²) in [5, 5.41) is 18.2. The summed E-state index contributed by atoms with van der Waals surface area (Å²) in [5.74, 6) is -0.0899. The molecular weight excluding hydrogens is 522 g/mol. The maximum atomic E-state index is 13.0. The average Bonchev–Trinajstić information content (AvgIpc) is 3.81. The highest BCUT2D eigenvalue weighted by atomic mass is 16.7. The van der Waals surface area contributed by atoms with E-state index in [2.05, 4.69) is 15.6 Å². The number of nitrogens with zero attached hydrogens (tertiary/aromatic N) is 3. The quantitative estimate of drug-likeness (QED) is 0.279. The number of fused-ring (bicyclic) bond motifs is 1. The lowest BCUT2D eigenvalue weighted by Gasteiger charge is -2.39. The molecule has 3 aromatic carbocycles. The Kier molecular flexibility index (Phi) is 6.98. The third-order valence-corrected chi connectivity index (χ3v) is 7.60.